The maximum Gasteiger partial charge on any atom is 0.232 e. The van der Waals surface area contributed by atoms with Gasteiger partial charge in [-0.25, -0.2) is 0 Å². The molecule has 104 valence electrons. The van der Waals surface area contributed by atoms with E-state index < -0.39 is 0 Å². The molecule has 0 spiro atoms. The van der Waals surface area contributed by atoms with Crippen molar-refractivity contribution in [1.29, 1.82) is 0 Å². The summed E-state index contributed by atoms with van der Waals surface area (Å²) in [5.41, 5.74) is 0.733. The molecule has 2 heterocycles. The Bertz CT molecular complexity index is 641. The van der Waals surface area contributed by atoms with Crippen LogP contribution in [0.4, 0.5) is 5.69 Å². The monoisotopic (exact) mass is 291 g/mol. The van der Waals surface area contributed by atoms with Gasteiger partial charge in [-0.15, -0.1) is 0 Å². The molecule has 1 aliphatic rings. The number of para-hydroxylation sites is 1. The van der Waals surface area contributed by atoms with Crippen molar-refractivity contribution in [2.75, 3.05) is 11.4 Å². The molecule has 1 aromatic heterocycles. The molecule has 1 saturated heterocycles. The molecule has 2 aromatic rings. The van der Waals surface area contributed by atoms with E-state index in [2.05, 4.69) is 10.1 Å². The van der Waals surface area contributed by atoms with Crippen LogP contribution in [0.2, 0.25) is 5.02 Å². The minimum atomic E-state index is -0.0634. The van der Waals surface area contributed by atoms with Crippen molar-refractivity contribution in [1.82, 2.24) is 10.1 Å². The Labute approximate surface area is 121 Å². The fourth-order valence-electron chi connectivity index (χ4n) is 2.35. The zero-order valence-electron chi connectivity index (χ0n) is 11.0. The molecule has 1 unspecified atom stereocenters. The quantitative estimate of drug-likeness (QED) is 0.872. The highest BCUT2D eigenvalue weighted by Crippen LogP contribution is 2.34. The van der Waals surface area contributed by atoms with Gasteiger partial charge in [0.05, 0.1) is 16.6 Å². The van der Waals surface area contributed by atoms with Crippen molar-refractivity contribution < 1.29 is 9.32 Å². The molecule has 1 amide bonds. The number of nitrogens with zero attached hydrogens (tertiary/aromatic N) is 3. The molecular weight excluding hydrogens is 278 g/mol. The highest BCUT2D eigenvalue weighted by atomic mass is 35.5. The maximum atomic E-state index is 12.2. The zero-order chi connectivity index (χ0) is 14.1. The van der Waals surface area contributed by atoms with Gasteiger partial charge >= 0.3 is 0 Å². The summed E-state index contributed by atoms with van der Waals surface area (Å²) >= 11 is 6.14. The van der Waals surface area contributed by atoms with Crippen LogP contribution in [0.3, 0.4) is 0 Å². The lowest BCUT2D eigenvalue weighted by atomic mass is 10.1. The van der Waals surface area contributed by atoms with Gasteiger partial charge in [-0.2, -0.15) is 4.98 Å². The second-order valence-electron chi connectivity index (χ2n) is 4.76. The lowest BCUT2D eigenvalue weighted by Gasteiger charge is -2.17. The van der Waals surface area contributed by atoms with E-state index in [4.69, 9.17) is 16.1 Å². The number of carbonyl (C=O) groups is 1. The maximum absolute atomic E-state index is 12.2. The van der Waals surface area contributed by atoms with Crippen LogP contribution in [-0.2, 0) is 11.2 Å². The minimum Gasteiger partial charge on any atom is -0.339 e. The molecule has 5 nitrogen and oxygen atoms in total. The molecule has 1 aromatic carbocycles. The molecule has 20 heavy (non-hydrogen) atoms. The summed E-state index contributed by atoms with van der Waals surface area (Å²) in [6.07, 6.45) is 1.09. The lowest BCUT2D eigenvalue weighted by Crippen LogP contribution is -2.24. The van der Waals surface area contributed by atoms with E-state index >= 15 is 0 Å². The van der Waals surface area contributed by atoms with Crippen LogP contribution >= 0.6 is 11.6 Å². The Morgan fingerprint density at radius 3 is 2.95 bits per heavy atom. The third kappa shape index (κ3) is 2.29. The van der Waals surface area contributed by atoms with Gasteiger partial charge in [0, 0.05) is 19.4 Å². The van der Waals surface area contributed by atoms with Crippen LogP contribution in [0.5, 0.6) is 0 Å². The molecule has 6 heteroatoms. The number of benzene rings is 1. The van der Waals surface area contributed by atoms with E-state index in [-0.39, 0.29) is 11.8 Å². The zero-order valence-corrected chi connectivity index (χ0v) is 11.8. The Balaban J connectivity index is 1.83. The van der Waals surface area contributed by atoms with Gasteiger partial charge in [-0.3, -0.25) is 4.79 Å². The molecule has 0 saturated carbocycles. The van der Waals surface area contributed by atoms with E-state index in [0.717, 1.165) is 12.1 Å². The largest absolute Gasteiger partial charge is 0.339 e. The van der Waals surface area contributed by atoms with Gasteiger partial charge < -0.3 is 9.42 Å². The van der Waals surface area contributed by atoms with Gasteiger partial charge in [0.1, 0.15) is 0 Å². The Kier molecular flexibility index (Phi) is 3.44. The third-order valence-electron chi connectivity index (χ3n) is 3.42. The standard InChI is InChI=1S/C14H14ClN3O2/c1-2-12-16-14(20-17-12)9-7-13(19)18(8-9)11-6-4-3-5-10(11)15/h3-6,9H,2,7-8H2,1H3. The van der Waals surface area contributed by atoms with Crippen molar-refractivity contribution >= 4 is 23.2 Å². The van der Waals surface area contributed by atoms with E-state index in [9.17, 15) is 4.79 Å². The average Bonchev–Trinajstić information content (AvgIpc) is 3.06. The molecule has 0 aliphatic carbocycles. The third-order valence-corrected chi connectivity index (χ3v) is 3.74. The van der Waals surface area contributed by atoms with Crippen LogP contribution < -0.4 is 4.90 Å². The summed E-state index contributed by atoms with van der Waals surface area (Å²) in [5, 5.41) is 4.45. The molecule has 0 radical (unpaired) electrons. The average molecular weight is 292 g/mol. The summed E-state index contributed by atoms with van der Waals surface area (Å²) < 4.78 is 5.23. The number of rotatable bonds is 3. The molecule has 3 rings (SSSR count). The first-order valence-electron chi connectivity index (χ1n) is 6.56. The predicted octanol–water partition coefficient (Wildman–Crippen LogP) is 2.81. The van der Waals surface area contributed by atoms with Crippen molar-refractivity contribution in [3.8, 4) is 0 Å². The van der Waals surface area contributed by atoms with Crippen molar-refractivity contribution in [3.05, 3.63) is 41.0 Å². The topological polar surface area (TPSA) is 59.2 Å². The van der Waals surface area contributed by atoms with Crippen LogP contribution in [0.1, 0.15) is 31.0 Å². The fraction of sp³-hybridized carbons (Fsp3) is 0.357. The molecule has 1 aliphatic heterocycles. The Morgan fingerprint density at radius 2 is 2.25 bits per heavy atom. The number of halogens is 1. The van der Waals surface area contributed by atoms with Crippen LogP contribution in [-0.4, -0.2) is 22.6 Å². The minimum absolute atomic E-state index is 0.0272. The first-order chi connectivity index (χ1) is 9.69. The summed E-state index contributed by atoms with van der Waals surface area (Å²) in [6, 6.07) is 7.33. The lowest BCUT2D eigenvalue weighted by molar-refractivity contribution is -0.117. The van der Waals surface area contributed by atoms with Crippen LogP contribution in [0.15, 0.2) is 28.8 Å². The summed E-state index contributed by atoms with van der Waals surface area (Å²) in [4.78, 5) is 18.2. The van der Waals surface area contributed by atoms with Gasteiger partial charge in [0.2, 0.25) is 11.8 Å². The first-order valence-corrected chi connectivity index (χ1v) is 6.94. The number of aromatic nitrogens is 2. The predicted molar refractivity (Wildman–Crippen MR) is 74.8 cm³/mol. The van der Waals surface area contributed by atoms with Crippen molar-refractivity contribution in [3.63, 3.8) is 0 Å². The Morgan fingerprint density at radius 1 is 1.45 bits per heavy atom. The second-order valence-corrected chi connectivity index (χ2v) is 5.17. The molecule has 0 bridgehead atoms. The van der Waals surface area contributed by atoms with Gasteiger partial charge in [-0.05, 0) is 12.1 Å². The molecule has 0 N–H and O–H groups in total. The first kappa shape index (κ1) is 13.1. The van der Waals surface area contributed by atoms with Gasteiger partial charge in [0.15, 0.2) is 5.82 Å². The number of anilines is 1. The number of hydrogen-bond acceptors (Lipinski definition) is 4. The summed E-state index contributed by atoms with van der Waals surface area (Å²) in [7, 11) is 0. The van der Waals surface area contributed by atoms with E-state index in [1.807, 2.05) is 25.1 Å². The molecule has 1 atom stereocenters. The van der Waals surface area contributed by atoms with Crippen LogP contribution in [0.25, 0.3) is 0 Å². The number of amides is 1. The number of aryl methyl sites for hydroxylation is 1. The number of carbonyl (C=O) groups excluding carboxylic acids is 1. The smallest absolute Gasteiger partial charge is 0.232 e. The highest BCUT2D eigenvalue weighted by molar-refractivity contribution is 6.33. The molecule has 1 fully saturated rings. The summed E-state index contributed by atoms with van der Waals surface area (Å²) in [5.74, 6) is 1.17. The highest BCUT2D eigenvalue weighted by Gasteiger charge is 2.35. The second kappa shape index (κ2) is 5.25. The SMILES string of the molecule is CCc1noc(C2CC(=O)N(c3ccccc3Cl)C2)n1. The normalized spacial score (nSPS) is 18.8. The molecular formula is C14H14ClN3O2. The summed E-state index contributed by atoms with van der Waals surface area (Å²) in [6.45, 7) is 2.48. The Hall–Kier alpha value is -1.88. The van der Waals surface area contributed by atoms with E-state index in [1.54, 1.807) is 11.0 Å². The van der Waals surface area contributed by atoms with E-state index in [1.165, 1.54) is 0 Å². The van der Waals surface area contributed by atoms with Gasteiger partial charge in [-0.1, -0.05) is 35.8 Å². The number of hydrogen-bond donors (Lipinski definition) is 0. The fourth-order valence-corrected chi connectivity index (χ4v) is 2.59. The van der Waals surface area contributed by atoms with Gasteiger partial charge in [0.25, 0.3) is 0 Å². The van der Waals surface area contributed by atoms with Crippen molar-refractivity contribution in [2.24, 2.45) is 0 Å². The van der Waals surface area contributed by atoms with E-state index in [0.29, 0.717) is 29.7 Å². The van der Waals surface area contributed by atoms with Crippen LogP contribution in [0, 0.1) is 0 Å². The van der Waals surface area contributed by atoms with Crippen molar-refractivity contribution in [2.45, 2.75) is 25.7 Å².